The van der Waals surface area contributed by atoms with Crippen LogP contribution in [0.25, 0.3) is 0 Å². The number of ether oxygens (including phenoxy) is 1. The highest BCUT2D eigenvalue weighted by molar-refractivity contribution is 5.82. The third-order valence-electron chi connectivity index (χ3n) is 4.38. The van der Waals surface area contributed by atoms with Crippen LogP contribution in [0.4, 0.5) is 0 Å². The van der Waals surface area contributed by atoms with Crippen LogP contribution >= 0.6 is 0 Å². The highest BCUT2D eigenvalue weighted by atomic mass is 16.5. The fraction of sp³-hybridized carbons (Fsp3) is 0.929. The summed E-state index contributed by atoms with van der Waals surface area (Å²) in [5.74, 6) is 1.47. The monoisotopic (exact) mass is 254 g/mol. The third-order valence-corrected chi connectivity index (χ3v) is 4.38. The topological polar surface area (TPSA) is 50.4 Å². The van der Waals surface area contributed by atoms with Crippen LogP contribution in [0.2, 0.25) is 0 Å². The van der Waals surface area contributed by atoms with Crippen molar-refractivity contribution in [3.63, 3.8) is 0 Å². The largest absolute Gasteiger partial charge is 0.383 e. The molecule has 1 aliphatic carbocycles. The van der Waals surface area contributed by atoms with E-state index in [0.717, 1.165) is 25.3 Å². The van der Waals surface area contributed by atoms with Gasteiger partial charge in [-0.15, -0.1) is 0 Å². The van der Waals surface area contributed by atoms with E-state index in [2.05, 4.69) is 17.6 Å². The lowest BCUT2D eigenvalue weighted by Crippen LogP contribution is -2.48. The molecule has 4 atom stereocenters. The number of carbonyl (C=O) groups is 1. The lowest BCUT2D eigenvalue weighted by Gasteiger charge is -2.22. The van der Waals surface area contributed by atoms with Crippen LogP contribution in [0, 0.1) is 11.8 Å². The van der Waals surface area contributed by atoms with Crippen molar-refractivity contribution >= 4 is 5.91 Å². The molecule has 0 aromatic carbocycles. The van der Waals surface area contributed by atoms with Gasteiger partial charge in [0.25, 0.3) is 0 Å². The van der Waals surface area contributed by atoms with Crippen LogP contribution in [0.3, 0.4) is 0 Å². The average molecular weight is 254 g/mol. The molecule has 0 aromatic rings. The Balaban J connectivity index is 1.86. The molecule has 0 radical (unpaired) electrons. The van der Waals surface area contributed by atoms with Gasteiger partial charge in [-0.3, -0.25) is 4.79 Å². The maximum Gasteiger partial charge on any atom is 0.237 e. The molecule has 1 amide bonds. The first-order chi connectivity index (χ1) is 8.76. The molecule has 18 heavy (non-hydrogen) atoms. The molecule has 2 N–H and O–H groups in total. The minimum atomic E-state index is 0.0358. The number of hydrogen-bond acceptors (Lipinski definition) is 3. The second-order valence-electron chi connectivity index (χ2n) is 5.69. The lowest BCUT2D eigenvalue weighted by molar-refractivity contribution is -0.124. The van der Waals surface area contributed by atoms with E-state index in [4.69, 9.17) is 4.74 Å². The number of nitrogens with one attached hydrogen (secondary N) is 2. The van der Waals surface area contributed by atoms with Crippen molar-refractivity contribution in [3.8, 4) is 0 Å². The number of carbonyl (C=O) groups excluding carboxylic acids is 1. The Morgan fingerprint density at radius 3 is 3.06 bits per heavy atom. The van der Waals surface area contributed by atoms with Crippen molar-refractivity contribution in [3.05, 3.63) is 0 Å². The minimum Gasteiger partial charge on any atom is -0.383 e. The van der Waals surface area contributed by atoms with Gasteiger partial charge in [0, 0.05) is 7.11 Å². The fourth-order valence-corrected chi connectivity index (χ4v) is 3.51. The van der Waals surface area contributed by atoms with E-state index in [9.17, 15) is 4.79 Å². The molecule has 1 heterocycles. The van der Waals surface area contributed by atoms with Crippen LogP contribution in [0.15, 0.2) is 0 Å². The van der Waals surface area contributed by atoms with Crippen LogP contribution in [0.5, 0.6) is 0 Å². The van der Waals surface area contributed by atoms with Gasteiger partial charge in [-0.05, 0) is 37.6 Å². The Morgan fingerprint density at radius 2 is 2.33 bits per heavy atom. The molecule has 0 spiro atoms. The summed E-state index contributed by atoms with van der Waals surface area (Å²) in [6, 6.07) is 0.198. The van der Waals surface area contributed by atoms with Gasteiger partial charge in [-0.25, -0.2) is 0 Å². The zero-order chi connectivity index (χ0) is 13.0. The number of amides is 1. The van der Waals surface area contributed by atoms with Crippen LogP contribution in [0.1, 0.15) is 39.0 Å². The second kappa shape index (κ2) is 6.53. The summed E-state index contributed by atoms with van der Waals surface area (Å²) in [6.45, 7) is 3.77. The zero-order valence-electron chi connectivity index (χ0n) is 11.6. The zero-order valence-corrected chi connectivity index (χ0v) is 11.6. The van der Waals surface area contributed by atoms with Crippen molar-refractivity contribution in [1.29, 1.82) is 0 Å². The summed E-state index contributed by atoms with van der Waals surface area (Å²) in [4.78, 5) is 12.3. The standard InChI is InChI=1S/C14H26N2O2/c1-3-5-11(9-18-2)16-14(17)13-12-7-4-6-10(12)8-15-13/h10-13,15H,3-9H2,1-2H3,(H,16,17). The Morgan fingerprint density at radius 1 is 1.50 bits per heavy atom. The predicted molar refractivity (Wildman–Crippen MR) is 71.3 cm³/mol. The minimum absolute atomic E-state index is 0.0358. The molecule has 2 rings (SSSR count). The second-order valence-corrected chi connectivity index (χ2v) is 5.69. The van der Waals surface area contributed by atoms with E-state index < -0.39 is 0 Å². The summed E-state index contributed by atoms with van der Waals surface area (Å²) < 4.78 is 5.17. The van der Waals surface area contributed by atoms with E-state index in [1.54, 1.807) is 7.11 Å². The Hall–Kier alpha value is -0.610. The first-order valence-electron chi connectivity index (χ1n) is 7.29. The SMILES string of the molecule is CCCC(COC)NC(=O)C1NCC2CCCC21. The van der Waals surface area contributed by atoms with Gasteiger partial charge in [0.1, 0.15) is 0 Å². The lowest BCUT2D eigenvalue weighted by atomic mass is 9.93. The quantitative estimate of drug-likeness (QED) is 0.751. The molecule has 4 unspecified atom stereocenters. The number of fused-ring (bicyclic) bond motifs is 1. The number of hydrogen-bond donors (Lipinski definition) is 2. The molecule has 0 aromatic heterocycles. The molecule has 1 saturated carbocycles. The molecule has 1 saturated heterocycles. The van der Waals surface area contributed by atoms with Crippen LogP contribution in [-0.4, -0.2) is 38.3 Å². The van der Waals surface area contributed by atoms with Gasteiger partial charge < -0.3 is 15.4 Å². The summed E-state index contributed by atoms with van der Waals surface area (Å²) in [5.41, 5.74) is 0. The molecule has 4 nitrogen and oxygen atoms in total. The number of methoxy groups -OCH3 is 1. The van der Waals surface area contributed by atoms with Gasteiger partial charge in [0.15, 0.2) is 0 Å². The van der Waals surface area contributed by atoms with Gasteiger partial charge in [-0.2, -0.15) is 0 Å². The third kappa shape index (κ3) is 3.04. The summed E-state index contributed by atoms with van der Waals surface area (Å²) in [5, 5.41) is 6.54. The van der Waals surface area contributed by atoms with Crippen molar-refractivity contribution in [2.24, 2.45) is 11.8 Å². The smallest absolute Gasteiger partial charge is 0.237 e. The van der Waals surface area contributed by atoms with E-state index in [1.807, 2.05) is 0 Å². The molecule has 104 valence electrons. The summed E-state index contributed by atoms with van der Waals surface area (Å²) in [6.07, 6.45) is 5.84. The number of rotatable bonds is 6. The van der Waals surface area contributed by atoms with E-state index in [1.165, 1.54) is 19.3 Å². The molecule has 0 bridgehead atoms. The Kier molecular flexibility index (Phi) is 5.01. The molecule has 1 aliphatic heterocycles. The Bertz CT molecular complexity index is 277. The molecule has 2 fully saturated rings. The first kappa shape index (κ1) is 13.8. The van der Waals surface area contributed by atoms with Gasteiger partial charge in [0.2, 0.25) is 5.91 Å². The van der Waals surface area contributed by atoms with Crippen molar-refractivity contribution in [1.82, 2.24) is 10.6 Å². The summed E-state index contributed by atoms with van der Waals surface area (Å²) in [7, 11) is 1.69. The summed E-state index contributed by atoms with van der Waals surface area (Å²) >= 11 is 0. The maximum atomic E-state index is 12.3. The van der Waals surface area contributed by atoms with Gasteiger partial charge in [0.05, 0.1) is 18.7 Å². The van der Waals surface area contributed by atoms with Gasteiger partial charge in [-0.1, -0.05) is 19.8 Å². The maximum absolute atomic E-state index is 12.3. The normalized spacial score (nSPS) is 32.2. The highest BCUT2D eigenvalue weighted by Crippen LogP contribution is 2.37. The highest BCUT2D eigenvalue weighted by Gasteiger charge is 2.42. The van der Waals surface area contributed by atoms with Crippen molar-refractivity contribution < 1.29 is 9.53 Å². The predicted octanol–water partition coefficient (Wildman–Crippen LogP) is 1.31. The van der Waals surface area contributed by atoms with E-state index in [0.29, 0.717) is 12.5 Å². The van der Waals surface area contributed by atoms with Crippen LogP contribution in [-0.2, 0) is 9.53 Å². The van der Waals surface area contributed by atoms with E-state index >= 15 is 0 Å². The molecule has 4 heteroatoms. The van der Waals surface area contributed by atoms with Crippen LogP contribution < -0.4 is 10.6 Å². The van der Waals surface area contributed by atoms with Gasteiger partial charge >= 0.3 is 0 Å². The van der Waals surface area contributed by atoms with Crippen molar-refractivity contribution in [2.75, 3.05) is 20.3 Å². The first-order valence-corrected chi connectivity index (χ1v) is 7.29. The molecular formula is C14H26N2O2. The fourth-order valence-electron chi connectivity index (χ4n) is 3.51. The van der Waals surface area contributed by atoms with E-state index in [-0.39, 0.29) is 18.0 Å². The molecular weight excluding hydrogens is 228 g/mol. The Labute approximate surface area is 110 Å². The molecule has 2 aliphatic rings. The van der Waals surface area contributed by atoms with Crippen molar-refractivity contribution in [2.45, 2.75) is 51.1 Å². The average Bonchev–Trinajstić information content (AvgIpc) is 2.90.